The van der Waals surface area contributed by atoms with Gasteiger partial charge in [-0.3, -0.25) is 9.48 Å². The molecule has 0 aromatic carbocycles. The Hall–Kier alpha value is -1.57. The first-order valence-electron chi connectivity index (χ1n) is 7.42. The lowest BCUT2D eigenvalue weighted by atomic mass is 10.1. The Morgan fingerprint density at radius 2 is 2.32 bits per heavy atom. The average molecular weight is 319 g/mol. The summed E-state index contributed by atoms with van der Waals surface area (Å²) in [6.07, 6.45) is -0.306. The van der Waals surface area contributed by atoms with Crippen molar-refractivity contribution in [2.45, 2.75) is 51.4 Å². The summed E-state index contributed by atoms with van der Waals surface area (Å²) in [6, 6.07) is 0. The molecule has 1 atom stereocenters. The molecule has 0 unspecified atom stereocenters. The first kappa shape index (κ1) is 16.8. The van der Waals surface area contributed by atoms with Gasteiger partial charge in [-0.1, -0.05) is 13.3 Å². The van der Waals surface area contributed by atoms with Crippen molar-refractivity contribution in [3.63, 3.8) is 0 Å². The molecule has 124 valence electrons. The van der Waals surface area contributed by atoms with E-state index in [1.54, 1.807) is 0 Å². The summed E-state index contributed by atoms with van der Waals surface area (Å²) < 4.78 is 43.9. The molecular weight excluding hydrogens is 299 g/mol. The van der Waals surface area contributed by atoms with Crippen LogP contribution in [0.2, 0.25) is 0 Å². The molecule has 1 aromatic heterocycles. The second-order valence-electron chi connectivity index (χ2n) is 5.37. The largest absolute Gasteiger partial charge is 0.408 e. The van der Waals surface area contributed by atoms with Crippen LogP contribution in [0.4, 0.5) is 13.2 Å². The number of carbonyl (C=O) groups is 1. The van der Waals surface area contributed by atoms with E-state index >= 15 is 0 Å². The fourth-order valence-electron chi connectivity index (χ4n) is 2.51. The number of halogens is 3. The fraction of sp³-hybridized carbons (Fsp3) is 0.714. The Balaban J connectivity index is 2.06. The summed E-state index contributed by atoms with van der Waals surface area (Å²) in [6.45, 7) is 1.72. The molecule has 8 heteroatoms. The van der Waals surface area contributed by atoms with Gasteiger partial charge in [-0.05, 0) is 19.3 Å². The number of hydrogen-bond donors (Lipinski definition) is 1. The second kappa shape index (κ2) is 7.13. The predicted molar refractivity (Wildman–Crippen MR) is 73.6 cm³/mol. The van der Waals surface area contributed by atoms with Crippen LogP contribution < -0.4 is 5.32 Å². The molecule has 5 nitrogen and oxygen atoms in total. The number of nitrogens with zero attached hydrogens (tertiary/aromatic N) is 2. The minimum atomic E-state index is -4.36. The zero-order valence-corrected chi connectivity index (χ0v) is 12.4. The number of rotatable bonds is 6. The summed E-state index contributed by atoms with van der Waals surface area (Å²) in [5, 5.41) is 6.44. The van der Waals surface area contributed by atoms with Crippen LogP contribution in [0.25, 0.3) is 0 Å². The minimum Gasteiger partial charge on any atom is -0.376 e. The number of alkyl halides is 3. The number of aromatic nitrogens is 2. The van der Waals surface area contributed by atoms with Crippen LogP contribution in [0.1, 0.15) is 42.2 Å². The third-order valence-electron chi connectivity index (χ3n) is 3.52. The maximum absolute atomic E-state index is 12.5. The molecule has 1 N–H and O–H groups in total. The smallest absolute Gasteiger partial charge is 0.376 e. The molecule has 0 aliphatic carbocycles. The number of nitrogens with one attached hydrogen (secondary N) is 1. The maximum Gasteiger partial charge on any atom is 0.408 e. The number of amides is 1. The van der Waals surface area contributed by atoms with E-state index in [2.05, 4.69) is 10.4 Å². The number of carbonyl (C=O) groups excluding carboxylic acids is 1. The van der Waals surface area contributed by atoms with Gasteiger partial charge in [0.2, 0.25) is 0 Å². The highest BCUT2D eigenvalue weighted by Gasteiger charge is 2.31. The molecule has 0 bridgehead atoms. The summed E-state index contributed by atoms with van der Waals surface area (Å²) in [5.74, 6) is -0.396. The summed E-state index contributed by atoms with van der Waals surface area (Å²) in [4.78, 5) is 12.2. The zero-order valence-electron chi connectivity index (χ0n) is 12.4. The standard InChI is InChI=1S/C14H20F3N3O2/c1-2-4-12-11(8-19-20(12)9-14(15,16)17)13(21)18-7-10-5-3-6-22-10/h8,10H,2-7,9H2,1H3,(H,18,21)/t10-/m0/s1. The summed E-state index contributed by atoms with van der Waals surface area (Å²) in [5.41, 5.74) is 0.536. The highest BCUT2D eigenvalue weighted by Crippen LogP contribution is 2.20. The summed E-state index contributed by atoms with van der Waals surface area (Å²) >= 11 is 0. The van der Waals surface area contributed by atoms with Gasteiger partial charge in [0.1, 0.15) is 6.54 Å². The van der Waals surface area contributed by atoms with Crippen molar-refractivity contribution in [2.75, 3.05) is 13.2 Å². The van der Waals surface area contributed by atoms with Crippen LogP contribution in [0, 0.1) is 0 Å². The zero-order chi connectivity index (χ0) is 16.2. The Bertz CT molecular complexity index is 508. The van der Waals surface area contributed by atoms with Crippen molar-refractivity contribution in [1.82, 2.24) is 15.1 Å². The molecule has 1 aromatic rings. The molecule has 0 radical (unpaired) electrons. The second-order valence-corrected chi connectivity index (χ2v) is 5.37. The first-order valence-corrected chi connectivity index (χ1v) is 7.42. The molecule has 2 rings (SSSR count). The SMILES string of the molecule is CCCc1c(C(=O)NC[C@@H]2CCCO2)cnn1CC(F)(F)F. The van der Waals surface area contributed by atoms with E-state index in [-0.39, 0.29) is 11.7 Å². The lowest BCUT2D eigenvalue weighted by molar-refractivity contribution is -0.143. The van der Waals surface area contributed by atoms with Crippen LogP contribution in [0.5, 0.6) is 0 Å². The van der Waals surface area contributed by atoms with E-state index < -0.39 is 18.6 Å². The molecular formula is C14H20F3N3O2. The number of ether oxygens (including phenoxy) is 1. The van der Waals surface area contributed by atoms with Gasteiger partial charge < -0.3 is 10.1 Å². The maximum atomic E-state index is 12.5. The van der Waals surface area contributed by atoms with Gasteiger partial charge in [-0.2, -0.15) is 18.3 Å². The molecule has 1 aliphatic heterocycles. The van der Waals surface area contributed by atoms with Gasteiger partial charge in [0.05, 0.1) is 23.6 Å². The van der Waals surface area contributed by atoms with E-state index in [1.165, 1.54) is 6.20 Å². The van der Waals surface area contributed by atoms with Gasteiger partial charge >= 0.3 is 6.18 Å². The average Bonchev–Trinajstić information content (AvgIpc) is 3.06. The molecule has 2 heterocycles. The van der Waals surface area contributed by atoms with E-state index in [4.69, 9.17) is 4.74 Å². The van der Waals surface area contributed by atoms with Gasteiger partial charge in [0.15, 0.2) is 0 Å². The van der Waals surface area contributed by atoms with Crippen molar-refractivity contribution in [3.8, 4) is 0 Å². The third kappa shape index (κ3) is 4.46. The van der Waals surface area contributed by atoms with Crippen LogP contribution >= 0.6 is 0 Å². The van der Waals surface area contributed by atoms with Crippen LogP contribution in [0.15, 0.2) is 6.20 Å². The summed E-state index contributed by atoms with van der Waals surface area (Å²) in [7, 11) is 0. The predicted octanol–water partition coefficient (Wildman–Crippen LogP) is 2.31. The van der Waals surface area contributed by atoms with E-state index in [0.29, 0.717) is 31.7 Å². The topological polar surface area (TPSA) is 56.1 Å². The van der Waals surface area contributed by atoms with Crippen molar-refractivity contribution >= 4 is 5.91 Å². The molecule has 0 saturated carbocycles. The van der Waals surface area contributed by atoms with E-state index in [1.807, 2.05) is 6.92 Å². The molecule has 22 heavy (non-hydrogen) atoms. The Labute approximate surface area is 126 Å². The minimum absolute atomic E-state index is 0.0104. The fourth-order valence-corrected chi connectivity index (χ4v) is 2.51. The first-order chi connectivity index (χ1) is 10.4. The van der Waals surface area contributed by atoms with Crippen molar-refractivity contribution < 1.29 is 22.7 Å². The highest BCUT2D eigenvalue weighted by molar-refractivity contribution is 5.95. The lowest BCUT2D eigenvalue weighted by Gasteiger charge is -2.13. The highest BCUT2D eigenvalue weighted by atomic mass is 19.4. The molecule has 0 spiro atoms. The van der Waals surface area contributed by atoms with Gasteiger partial charge in [0, 0.05) is 13.2 Å². The normalized spacial score (nSPS) is 18.6. The Morgan fingerprint density at radius 1 is 1.55 bits per heavy atom. The van der Waals surface area contributed by atoms with Crippen molar-refractivity contribution in [3.05, 3.63) is 17.5 Å². The number of hydrogen-bond acceptors (Lipinski definition) is 3. The van der Waals surface area contributed by atoms with Crippen molar-refractivity contribution in [1.29, 1.82) is 0 Å². The van der Waals surface area contributed by atoms with Crippen LogP contribution in [0.3, 0.4) is 0 Å². The lowest BCUT2D eigenvalue weighted by Crippen LogP contribution is -2.32. The van der Waals surface area contributed by atoms with Gasteiger partial charge in [-0.15, -0.1) is 0 Å². The molecule has 1 aliphatic rings. The van der Waals surface area contributed by atoms with Crippen LogP contribution in [-0.4, -0.2) is 41.1 Å². The molecule has 1 saturated heterocycles. The van der Waals surface area contributed by atoms with E-state index in [9.17, 15) is 18.0 Å². The molecule has 1 fully saturated rings. The van der Waals surface area contributed by atoms with E-state index in [0.717, 1.165) is 17.5 Å². The Kier molecular flexibility index (Phi) is 5.44. The van der Waals surface area contributed by atoms with Crippen LogP contribution in [-0.2, 0) is 17.7 Å². The Morgan fingerprint density at radius 3 is 2.91 bits per heavy atom. The van der Waals surface area contributed by atoms with Gasteiger partial charge in [-0.25, -0.2) is 0 Å². The third-order valence-corrected chi connectivity index (χ3v) is 3.52. The molecule has 1 amide bonds. The van der Waals surface area contributed by atoms with Gasteiger partial charge in [0.25, 0.3) is 5.91 Å². The monoisotopic (exact) mass is 319 g/mol. The van der Waals surface area contributed by atoms with Crippen molar-refractivity contribution in [2.24, 2.45) is 0 Å². The quantitative estimate of drug-likeness (QED) is 0.875.